The highest BCUT2D eigenvalue weighted by atomic mass is 32.2. The van der Waals surface area contributed by atoms with Crippen LogP contribution in [0.3, 0.4) is 0 Å². The summed E-state index contributed by atoms with van der Waals surface area (Å²) in [4.78, 5) is 5.04. The van der Waals surface area contributed by atoms with Gasteiger partial charge in [-0.2, -0.15) is 11.8 Å². The van der Waals surface area contributed by atoms with E-state index in [1.807, 2.05) is 17.8 Å². The quantitative estimate of drug-likeness (QED) is 0.348. The van der Waals surface area contributed by atoms with Gasteiger partial charge in [-0.05, 0) is 49.6 Å². The second-order valence-corrected chi connectivity index (χ2v) is 10.7. The fraction of sp³-hybridized carbons (Fsp3) is 0.419. The highest BCUT2D eigenvalue weighted by Gasteiger charge is 2.28. The second kappa shape index (κ2) is 13.7. The molecule has 2 aromatic rings. The molecule has 0 saturated carbocycles. The molecule has 3 nitrogen and oxygen atoms in total. The molecule has 0 spiro atoms. The lowest BCUT2D eigenvalue weighted by atomic mass is 9.94. The Kier molecular flexibility index (Phi) is 10.7. The van der Waals surface area contributed by atoms with Crippen LogP contribution in [0.15, 0.2) is 85.1 Å². The summed E-state index contributed by atoms with van der Waals surface area (Å²) in [7, 11) is 2.22. The summed E-state index contributed by atoms with van der Waals surface area (Å²) in [6, 6.07) is 19.9. The van der Waals surface area contributed by atoms with Crippen LogP contribution in [0.5, 0.6) is 0 Å². The number of thioether (sulfide) groups is 1. The average Bonchev–Trinajstić information content (AvgIpc) is 2.88. The highest BCUT2D eigenvalue weighted by Crippen LogP contribution is 2.26. The Morgan fingerprint density at radius 3 is 2.54 bits per heavy atom. The SMILES string of the molecule is C=CC(CSCc1ccccc1)NC(=C)C1CN(C/C(=C(/C)CC)c2ccccc2C)CCN1C. The van der Waals surface area contributed by atoms with E-state index in [-0.39, 0.29) is 12.1 Å². The number of aryl methyl sites for hydroxylation is 1. The lowest BCUT2D eigenvalue weighted by Gasteiger charge is -2.41. The van der Waals surface area contributed by atoms with Gasteiger partial charge in [0, 0.05) is 43.4 Å². The minimum absolute atomic E-state index is 0.213. The van der Waals surface area contributed by atoms with E-state index < -0.39 is 0 Å². The summed E-state index contributed by atoms with van der Waals surface area (Å²) in [5, 5.41) is 3.69. The molecule has 0 bridgehead atoms. The molecule has 0 aromatic heterocycles. The minimum atomic E-state index is 0.213. The fourth-order valence-corrected chi connectivity index (χ4v) is 5.65. The molecule has 2 aromatic carbocycles. The zero-order chi connectivity index (χ0) is 25.2. The summed E-state index contributed by atoms with van der Waals surface area (Å²) in [5.74, 6) is 1.99. The maximum Gasteiger partial charge on any atom is 0.0615 e. The molecule has 4 heteroatoms. The fourth-order valence-electron chi connectivity index (χ4n) is 4.63. The van der Waals surface area contributed by atoms with Gasteiger partial charge in [-0.3, -0.25) is 9.80 Å². The summed E-state index contributed by atoms with van der Waals surface area (Å²) < 4.78 is 0. The number of likely N-dealkylation sites (N-methyl/N-ethyl adjacent to an activating group) is 1. The maximum absolute atomic E-state index is 4.47. The van der Waals surface area contributed by atoms with Crippen molar-refractivity contribution in [1.29, 1.82) is 0 Å². The molecule has 1 aliphatic heterocycles. The first-order valence-corrected chi connectivity index (χ1v) is 13.9. The number of benzene rings is 2. The largest absolute Gasteiger partial charge is 0.380 e. The Balaban J connectivity index is 1.61. The van der Waals surface area contributed by atoms with Gasteiger partial charge >= 0.3 is 0 Å². The molecule has 0 aliphatic carbocycles. The molecule has 0 amide bonds. The summed E-state index contributed by atoms with van der Waals surface area (Å²) >= 11 is 1.94. The monoisotopic (exact) mass is 489 g/mol. The van der Waals surface area contributed by atoms with Crippen molar-refractivity contribution >= 4 is 17.3 Å². The van der Waals surface area contributed by atoms with Gasteiger partial charge in [0.1, 0.15) is 0 Å². The second-order valence-electron chi connectivity index (χ2n) is 9.67. The Morgan fingerprint density at radius 2 is 1.86 bits per heavy atom. The molecule has 1 fully saturated rings. The third-order valence-corrected chi connectivity index (χ3v) is 8.23. The van der Waals surface area contributed by atoms with Crippen molar-refractivity contribution in [2.45, 2.75) is 45.0 Å². The molecular weight excluding hydrogens is 446 g/mol. The maximum atomic E-state index is 4.47. The molecule has 1 aliphatic rings. The molecule has 3 rings (SSSR count). The van der Waals surface area contributed by atoms with E-state index in [9.17, 15) is 0 Å². The van der Waals surface area contributed by atoms with E-state index in [1.165, 1.54) is 27.8 Å². The standard InChI is InChI=1S/C31H43N3S/c1-7-24(3)30(29-17-13-12-14-25(29)4)20-34-19-18-33(6)31(21-34)26(5)32-28(8-2)23-35-22-27-15-10-9-11-16-27/h8-17,28,31-32H,2,5,7,18-23H2,1,3-4,6H3/b30-24+. The molecule has 1 saturated heterocycles. The summed E-state index contributed by atoms with van der Waals surface area (Å²) in [5.41, 5.74) is 8.16. The molecule has 0 radical (unpaired) electrons. The third kappa shape index (κ3) is 7.86. The van der Waals surface area contributed by atoms with Crippen LogP contribution in [0.1, 0.15) is 37.0 Å². The van der Waals surface area contributed by atoms with Gasteiger partial charge in [0.05, 0.1) is 12.1 Å². The Morgan fingerprint density at radius 1 is 1.14 bits per heavy atom. The number of nitrogens with zero attached hydrogens (tertiary/aromatic N) is 2. The first-order valence-electron chi connectivity index (χ1n) is 12.8. The highest BCUT2D eigenvalue weighted by molar-refractivity contribution is 7.98. The third-order valence-electron chi connectivity index (χ3n) is 7.10. The smallest absolute Gasteiger partial charge is 0.0615 e. The minimum Gasteiger partial charge on any atom is -0.380 e. The van der Waals surface area contributed by atoms with Crippen molar-refractivity contribution in [2.75, 3.05) is 39.0 Å². The van der Waals surface area contributed by atoms with Gasteiger partial charge in [0.2, 0.25) is 0 Å². The molecular formula is C31H43N3S. The van der Waals surface area contributed by atoms with E-state index in [1.54, 1.807) is 0 Å². The number of hydrogen-bond donors (Lipinski definition) is 1. The first kappa shape index (κ1) is 27.3. The number of piperazine rings is 1. The normalized spacial score (nSPS) is 18.6. The predicted molar refractivity (Wildman–Crippen MR) is 156 cm³/mol. The van der Waals surface area contributed by atoms with Crippen LogP contribution in [0, 0.1) is 6.92 Å². The summed E-state index contributed by atoms with van der Waals surface area (Å²) in [6.45, 7) is 19.4. The van der Waals surface area contributed by atoms with E-state index in [0.29, 0.717) is 0 Å². The summed E-state index contributed by atoms with van der Waals surface area (Å²) in [6.07, 6.45) is 3.10. The van der Waals surface area contributed by atoms with Crippen molar-refractivity contribution in [3.63, 3.8) is 0 Å². The van der Waals surface area contributed by atoms with Crippen LogP contribution >= 0.6 is 11.8 Å². The van der Waals surface area contributed by atoms with Crippen LogP contribution in [0.2, 0.25) is 0 Å². The van der Waals surface area contributed by atoms with Gasteiger partial charge in [-0.25, -0.2) is 0 Å². The van der Waals surface area contributed by atoms with Crippen LogP contribution in [0.4, 0.5) is 0 Å². The van der Waals surface area contributed by atoms with Crippen molar-refractivity contribution in [2.24, 2.45) is 0 Å². The molecule has 1 N–H and O–H groups in total. The van der Waals surface area contributed by atoms with Gasteiger partial charge in [0.15, 0.2) is 0 Å². The molecule has 35 heavy (non-hydrogen) atoms. The topological polar surface area (TPSA) is 18.5 Å². The van der Waals surface area contributed by atoms with Crippen molar-refractivity contribution < 1.29 is 0 Å². The van der Waals surface area contributed by atoms with Crippen LogP contribution in [-0.4, -0.2) is 60.9 Å². The number of rotatable bonds is 12. The Hall–Kier alpha value is -2.27. The number of hydrogen-bond acceptors (Lipinski definition) is 4. The molecule has 2 atom stereocenters. The Bertz CT molecular complexity index is 997. The van der Waals surface area contributed by atoms with Crippen LogP contribution in [-0.2, 0) is 5.75 Å². The van der Waals surface area contributed by atoms with Gasteiger partial charge in [-0.15, -0.1) is 6.58 Å². The van der Waals surface area contributed by atoms with Crippen molar-refractivity contribution in [1.82, 2.24) is 15.1 Å². The zero-order valence-electron chi connectivity index (χ0n) is 22.1. The van der Waals surface area contributed by atoms with E-state index in [0.717, 1.165) is 49.8 Å². The number of allylic oxidation sites excluding steroid dienone is 1. The van der Waals surface area contributed by atoms with Crippen molar-refractivity contribution in [3.8, 4) is 0 Å². The zero-order valence-corrected chi connectivity index (χ0v) is 22.9. The predicted octanol–water partition coefficient (Wildman–Crippen LogP) is 6.39. The molecule has 1 heterocycles. The lowest BCUT2D eigenvalue weighted by molar-refractivity contribution is 0.120. The van der Waals surface area contributed by atoms with Crippen molar-refractivity contribution in [3.05, 3.63) is 102 Å². The average molecular weight is 490 g/mol. The molecule has 2 unspecified atom stereocenters. The van der Waals surface area contributed by atoms with E-state index in [2.05, 4.69) is 111 Å². The van der Waals surface area contributed by atoms with Crippen LogP contribution < -0.4 is 5.32 Å². The first-order chi connectivity index (χ1) is 16.9. The van der Waals surface area contributed by atoms with Gasteiger partial charge in [-0.1, -0.05) is 79.7 Å². The lowest BCUT2D eigenvalue weighted by Crippen LogP contribution is -2.54. The van der Waals surface area contributed by atoms with E-state index in [4.69, 9.17) is 0 Å². The van der Waals surface area contributed by atoms with E-state index >= 15 is 0 Å². The van der Waals surface area contributed by atoms with Crippen LogP contribution in [0.25, 0.3) is 5.57 Å². The van der Waals surface area contributed by atoms with Gasteiger partial charge in [0.25, 0.3) is 0 Å². The Labute approximate surface area is 218 Å². The molecule has 188 valence electrons. The van der Waals surface area contributed by atoms with Gasteiger partial charge < -0.3 is 5.32 Å². The number of nitrogens with one attached hydrogen (secondary N) is 1.